The normalized spacial score (nSPS) is 21.9. The highest BCUT2D eigenvalue weighted by Gasteiger charge is 2.26. The summed E-state index contributed by atoms with van der Waals surface area (Å²) in [4.78, 5) is 23.6. The van der Waals surface area contributed by atoms with Crippen molar-refractivity contribution >= 4 is 24.1 Å². The molecule has 0 bridgehead atoms. The minimum Gasteiger partial charge on any atom is -0.369 e. The van der Waals surface area contributed by atoms with Crippen LogP contribution >= 0.6 is 12.4 Å². The number of hydrogen-bond acceptors (Lipinski definition) is 5. The molecule has 4 rings (SSSR count). The van der Waals surface area contributed by atoms with Gasteiger partial charge in [0.1, 0.15) is 17.8 Å². The van der Waals surface area contributed by atoms with E-state index in [-0.39, 0.29) is 24.4 Å². The van der Waals surface area contributed by atoms with Crippen LogP contribution in [0.1, 0.15) is 66.1 Å². The second-order valence-corrected chi connectivity index (χ2v) is 8.85. The summed E-state index contributed by atoms with van der Waals surface area (Å²) in [5.41, 5.74) is 8.78. The molecule has 1 saturated heterocycles. The first-order valence-corrected chi connectivity index (χ1v) is 11.3. The van der Waals surface area contributed by atoms with Gasteiger partial charge in [-0.1, -0.05) is 36.8 Å². The van der Waals surface area contributed by atoms with Crippen molar-refractivity contribution in [3.05, 3.63) is 53.5 Å². The summed E-state index contributed by atoms with van der Waals surface area (Å²) in [6, 6.07) is 11.1. The lowest BCUT2D eigenvalue weighted by Gasteiger charge is -2.31. The van der Waals surface area contributed by atoms with Crippen LogP contribution in [0.15, 0.2) is 36.7 Å². The molecule has 0 spiro atoms. The Labute approximate surface area is 191 Å². The van der Waals surface area contributed by atoms with Gasteiger partial charge in [-0.25, -0.2) is 9.97 Å². The number of hydrogen-bond donors (Lipinski definition) is 2. The van der Waals surface area contributed by atoms with E-state index in [1.54, 1.807) is 0 Å². The van der Waals surface area contributed by atoms with Crippen molar-refractivity contribution in [3.63, 3.8) is 0 Å². The summed E-state index contributed by atoms with van der Waals surface area (Å²) in [7, 11) is 0. The first-order valence-electron chi connectivity index (χ1n) is 11.3. The fourth-order valence-corrected chi connectivity index (χ4v) is 4.84. The maximum absolute atomic E-state index is 13.0. The van der Waals surface area contributed by atoms with Gasteiger partial charge in [-0.05, 0) is 56.4 Å². The van der Waals surface area contributed by atoms with E-state index in [4.69, 9.17) is 5.73 Å². The molecule has 3 N–H and O–H groups in total. The minimum absolute atomic E-state index is 0. The zero-order valence-electron chi connectivity index (χ0n) is 18.3. The number of aromatic nitrogens is 2. The van der Waals surface area contributed by atoms with E-state index < -0.39 is 0 Å². The van der Waals surface area contributed by atoms with Crippen molar-refractivity contribution < 1.29 is 4.79 Å². The molecule has 2 atom stereocenters. The van der Waals surface area contributed by atoms with Crippen LogP contribution in [0.25, 0.3) is 0 Å². The van der Waals surface area contributed by atoms with Gasteiger partial charge in [0.05, 0.1) is 0 Å². The molecule has 1 aliphatic heterocycles. The van der Waals surface area contributed by atoms with Crippen LogP contribution in [0.4, 0.5) is 5.82 Å². The third-order valence-electron chi connectivity index (χ3n) is 6.73. The standard InChI is InChI=1S/C24H33N5O.ClH/c1-17-22(24(30)29-12-10-21(25)11-13-29)27-16-28-23(17)26-15-18-6-5-9-20(14-18)19-7-3-2-4-8-19;/h2-4,7-8,16,18,20-21H,5-6,9-15,25H2,1H3,(H,26,27,28);1H/t18-,20+;/m0./s1. The Kier molecular flexibility index (Phi) is 8.27. The minimum atomic E-state index is -0.00772. The SMILES string of the molecule is Cc1c(NC[C@H]2CCC[C@@H](c3ccccc3)C2)ncnc1C(=O)N1CCC(N)CC1.Cl. The first kappa shape index (κ1) is 23.5. The van der Waals surface area contributed by atoms with E-state index in [1.165, 1.54) is 37.6 Å². The highest BCUT2D eigenvalue weighted by atomic mass is 35.5. The number of anilines is 1. The van der Waals surface area contributed by atoms with Crippen LogP contribution in [0.2, 0.25) is 0 Å². The van der Waals surface area contributed by atoms with Gasteiger partial charge in [-0.15, -0.1) is 12.4 Å². The largest absolute Gasteiger partial charge is 0.369 e. The van der Waals surface area contributed by atoms with Gasteiger partial charge in [0, 0.05) is 31.2 Å². The third-order valence-corrected chi connectivity index (χ3v) is 6.73. The van der Waals surface area contributed by atoms with Crippen molar-refractivity contribution in [3.8, 4) is 0 Å². The number of piperidine rings is 1. The van der Waals surface area contributed by atoms with Crippen molar-refractivity contribution in [2.45, 2.75) is 57.4 Å². The summed E-state index contributed by atoms with van der Waals surface area (Å²) < 4.78 is 0. The molecule has 2 fully saturated rings. The predicted octanol–water partition coefficient (Wildman–Crippen LogP) is 4.16. The van der Waals surface area contributed by atoms with Gasteiger partial charge in [-0.2, -0.15) is 0 Å². The number of rotatable bonds is 5. The molecule has 1 saturated carbocycles. The molecule has 31 heavy (non-hydrogen) atoms. The van der Waals surface area contributed by atoms with E-state index in [2.05, 4.69) is 45.6 Å². The molecule has 1 aromatic heterocycles. The molecule has 2 aromatic rings. The van der Waals surface area contributed by atoms with Crippen LogP contribution in [0.5, 0.6) is 0 Å². The van der Waals surface area contributed by atoms with Crippen LogP contribution in [0.3, 0.4) is 0 Å². The number of halogens is 1. The zero-order chi connectivity index (χ0) is 20.9. The Bertz CT molecular complexity index is 854. The molecule has 1 amide bonds. The fraction of sp³-hybridized carbons (Fsp3) is 0.542. The van der Waals surface area contributed by atoms with Gasteiger partial charge < -0.3 is 16.0 Å². The summed E-state index contributed by atoms with van der Waals surface area (Å²) in [6.07, 6.45) is 8.17. The Morgan fingerprint density at radius 3 is 2.61 bits per heavy atom. The fourth-order valence-electron chi connectivity index (χ4n) is 4.84. The highest BCUT2D eigenvalue weighted by molar-refractivity contribution is 5.94. The van der Waals surface area contributed by atoms with Crippen molar-refractivity contribution in [1.29, 1.82) is 0 Å². The van der Waals surface area contributed by atoms with E-state index in [0.29, 0.717) is 30.6 Å². The molecule has 1 aliphatic carbocycles. The molecule has 2 heterocycles. The Morgan fingerprint density at radius 2 is 1.87 bits per heavy atom. The maximum atomic E-state index is 13.0. The average Bonchev–Trinajstić information content (AvgIpc) is 2.79. The Morgan fingerprint density at radius 1 is 1.13 bits per heavy atom. The quantitative estimate of drug-likeness (QED) is 0.724. The number of nitrogens with zero attached hydrogens (tertiary/aromatic N) is 3. The number of benzene rings is 1. The summed E-state index contributed by atoms with van der Waals surface area (Å²) >= 11 is 0. The number of nitrogens with two attached hydrogens (primary N) is 1. The predicted molar refractivity (Wildman–Crippen MR) is 127 cm³/mol. The van der Waals surface area contributed by atoms with Crippen LogP contribution in [0, 0.1) is 12.8 Å². The second-order valence-electron chi connectivity index (χ2n) is 8.85. The van der Waals surface area contributed by atoms with Gasteiger partial charge in [0.25, 0.3) is 5.91 Å². The lowest BCUT2D eigenvalue weighted by molar-refractivity contribution is 0.0708. The van der Waals surface area contributed by atoms with Crippen molar-refractivity contribution in [2.24, 2.45) is 11.7 Å². The van der Waals surface area contributed by atoms with Crippen molar-refractivity contribution in [1.82, 2.24) is 14.9 Å². The number of carbonyl (C=O) groups is 1. The molecular weight excluding hydrogens is 410 g/mol. The first-order chi connectivity index (χ1) is 14.6. The van der Waals surface area contributed by atoms with E-state index >= 15 is 0 Å². The van der Waals surface area contributed by atoms with Gasteiger partial charge in [0.2, 0.25) is 0 Å². The molecular formula is C24H34ClN5O. The molecule has 7 heteroatoms. The molecule has 1 aromatic carbocycles. The molecule has 0 radical (unpaired) electrons. The molecule has 2 aliphatic rings. The van der Waals surface area contributed by atoms with Crippen LogP contribution < -0.4 is 11.1 Å². The number of amides is 1. The maximum Gasteiger partial charge on any atom is 0.272 e. The lowest BCUT2D eigenvalue weighted by Crippen LogP contribution is -2.43. The summed E-state index contributed by atoms with van der Waals surface area (Å²) in [6.45, 7) is 4.23. The smallest absolute Gasteiger partial charge is 0.272 e. The lowest BCUT2D eigenvalue weighted by atomic mass is 9.78. The highest BCUT2D eigenvalue weighted by Crippen LogP contribution is 2.36. The topological polar surface area (TPSA) is 84.1 Å². The van der Waals surface area contributed by atoms with Crippen molar-refractivity contribution in [2.75, 3.05) is 25.0 Å². The van der Waals surface area contributed by atoms with Crippen LogP contribution in [-0.4, -0.2) is 46.5 Å². The number of nitrogens with one attached hydrogen (secondary N) is 1. The van der Waals surface area contributed by atoms with Crippen LogP contribution in [-0.2, 0) is 0 Å². The molecule has 168 valence electrons. The van der Waals surface area contributed by atoms with Gasteiger partial charge in [0.15, 0.2) is 0 Å². The number of likely N-dealkylation sites (tertiary alicyclic amines) is 1. The second kappa shape index (κ2) is 10.9. The van der Waals surface area contributed by atoms with E-state index in [9.17, 15) is 4.79 Å². The summed E-state index contributed by atoms with van der Waals surface area (Å²) in [5, 5.41) is 3.52. The average molecular weight is 444 g/mol. The van der Waals surface area contributed by atoms with E-state index in [0.717, 1.165) is 30.8 Å². The van der Waals surface area contributed by atoms with Gasteiger partial charge >= 0.3 is 0 Å². The van der Waals surface area contributed by atoms with Gasteiger partial charge in [-0.3, -0.25) is 4.79 Å². The van der Waals surface area contributed by atoms with E-state index in [1.807, 2.05) is 11.8 Å². The number of carbonyl (C=O) groups excluding carboxylic acids is 1. The molecule has 6 nitrogen and oxygen atoms in total. The zero-order valence-corrected chi connectivity index (χ0v) is 19.1. The third kappa shape index (κ3) is 5.74. The Balaban J connectivity index is 0.00000272. The monoisotopic (exact) mass is 443 g/mol. The molecule has 0 unspecified atom stereocenters. The Hall–Kier alpha value is -2.18. The summed E-state index contributed by atoms with van der Waals surface area (Å²) in [5.74, 6) is 2.03.